The summed E-state index contributed by atoms with van der Waals surface area (Å²) in [6.07, 6.45) is 2.24. The molecule has 7 nitrogen and oxygen atoms in total. The normalized spacial score (nSPS) is 20.5. The molecule has 1 aliphatic carbocycles. The van der Waals surface area contributed by atoms with Gasteiger partial charge in [0, 0.05) is 19.6 Å². The van der Waals surface area contributed by atoms with Crippen molar-refractivity contribution < 1.29 is 33.0 Å². The lowest BCUT2D eigenvalue weighted by molar-refractivity contribution is -0.143. The molecule has 28 heavy (non-hydrogen) atoms. The number of nitrogens with zero attached hydrogens (tertiary/aromatic N) is 1. The molecular formula is C19H22F2N2O5. The molecule has 1 atom stereocenters. The maximum absolute atomic E-state index is 12.8. The van der Waals surface area contributed by atoms with E-state index in [-0.39, 0.29) is 30.3 Å². The van der Waals surface area contributed by atoms with E-state index in [4.69, 9.17) is 0 Å². The molecule has 0 spiro atoms. The third-order valence-corrected chi connectivity index (χ3v) is 5.32. The number of carbonyl (C=O) groups is 3. The van der Waals surface area contributed by atoms with Gasteiger partial charge in [0.1, 0.15) is 5.75 Å². The standard InChI is InChI=1S/C19H22F2N2O5/c20-18(21)28-14-6-2-1-5-13(14)16(25)23-9-3-4-12(10-23)15(24)22-11-19(7-8-19)17(26)27/h1-2,5-6,12,18H,3-4,7-11H2,(H,22,24)(H,26,27). The number of alkyl halides is 2. The molecule has 152 valence electrons. The van der Waals surface area contributed by atoms with E-state index in [1.54, 1.807) is 6.07 Å². The van der Waals surface area contributed by atoms with Crippen LogP contribution in [0.4, 0.5) is 8.78 Å². The van der Waals surface area contributed by atoms with Crippen LogP contribution in [-0.2, 0) is 9.59 Å². The van der Waals surface area contributed by atoms with Gasteiger partial charge < -0.3 is 20.1 Å². The first kappa shape index (κ1) is 20.0. The van der Waals surface area contributed by atoms with Crippen LogP contribution >= 0.6 is 0 Å². The van der Waals surface area contributed by atoms with Crippen molar-refractivity contribution in [2.75, 3.05) is 19.6 Å². The molecule has 2 fully saturated rings. The Morgan fingerprint density at radius 3 is 2.64 bits per heavy atom. The fourth-order valence-electron chi connectivity index (χ4n) is 3.41. The number of hydrogen-bond acceptors (Lipinski definition) is 4. The van der Waals surface area contributed by atoms with Gasteiger partial charge in [0.25, 0.3) is 5.91 Å². The summed E-state index contributed by atoms with van der Waals surface area (Å²) in [7, 11) is 0. The number of rotatable bonds is 7. The van der Waals surface area contributed by atoms with Gasteiger partial charge in [-0.05, 0) is 37.8 Å². The van der Waals surface area contributed by atoms with E-state index in [0.29, 0.717) is 32.2 Å². The number of likely N-dealkylation sites (tertiary alicyclic amines) is 1. The Bertz CT molecular complexity index is 766. The predicted molar refractivity (Wildman–Crippen MR) is 94.0 cm³/mol. The molecule has 1 heterocycles. The number of benzene rings is 1. The van der Waals surface area contributed by atoms with Gasteiger partial charge in [-0.1, -0.05) is 12.1 Å². The first-order chi connectivity index (χ1) is 13.3. The number of ether oxygens (including phenoxy) is 1. The van der Waals surface area contributed by atoms with E-state index in [9.17, 15) is 28.3 Å². The number of hydrogen-bond donors (Lipinski definition) is 2. The van der Waals surface area contributed by atoms with E-state index in [2.05, 4.69) is 10.1 Å². The molecule has 1 aromatic carbocycles. The maximum atomic E-state index is 12.8. The molecular weight excluding hydrogens is 374 g/mol. The van der Waals surface area contributed by atoms with Crippen LogP contribution in [0.2, 0.25) is 0 Å². The minimum atomic E-state index is -3.04. The molecule has 1 saturated carbocycles. The van der Waals surface area contributed by atoms with Crippen molar-refractivity contribution in [3.8, 4) is 5.75 Å². The molecule has 2 amide bonds. The first-order valence-corrected chi connectivity index (χ1v) is 9.17. The monoisotopic (exact) mass is 396 g/mol. The van der Waals surface area contributed by atoms with Crippen LogP contribution in [-0.4, -0.2) is 54.0 Å². The van der Waals surface area contributed by atoms with Crippen molar-refractivity contribution in [3.63, 3.8) is 0 Å². The van der Waals surface area contributed by atoms with Crippen LogP contribution in [0.3, 0.4) is 0 Å². The number of amides is 2. The summed E-state index contributed by atoms with van der Waals surface area (Å²) >= 11 is 0. The van der Waals surface area contributed by atoms with Gasteiger partial charge in [-0.3, -0.25) is 14.4 Å². The lowest BCUT2D eigenvalue weighted by atomic mass is 9.96. The van der Waals surface area contributed by atoms with E-state index >= 15 is 0 Å². The largest absolute Gasteiger partial charge is 0.481 e. The van der Waals surface area contributed by atoms with Crippen LogP contribution in [0.1, 0.15) is 36.0 Å². The minimum absolute atomic E-state index is 0.0201. The van der Waals surface area contributed by atoms with Crippen LogP contribution in [0, 0.1) is 11.3 Å². The first-order valence-electron chi connectivity index (χ1n) is 9.17. The molecule has 0 bridgehead atoms. The summed E-state index contributed by atoms with van der Waals surface area (Å²) in [5.41, 5.74) is -0.836. The molecule has 1 aromatic rings. The van der Waals surface area contributed by atoms with Crippen LogP contribution < -0.4 is 10.1 Å². The number of nitrogens with one attached hydrogen (secondary N) is 1. The van der Waals surface area contributed by atoms with Crippen LogP contribution in [0.5, 0.6) is 5.75 Å². The summed E-state index contributed by atoms with van der Waals surface area (Å²) in [5.74, 6) is -2.35. The van der Waals surface area contributed by atoms with Crippen LogP contribution in [0.25, 0.3) is 0 Å². The molecule has 0 aromatic heterocycles. The third kappa shape index (κ3) is 4.40. The lowest BCUT2D eigenvalue weighted by Gasteiger charge is -2.32. The van der Waals surface area contributed by atoms with Gasteiger partial charge in [-0.2, -0.15) is 8.78 Å². The Balaban J connectivity index is 1.62. The fourth-order valence-corrected chi connectivity index (χ4v) is 3.41. The number of para-hydroxylation sites is 1. The second kappa shape index (κ2) is 8.12. The SMILES string of the molecule is O=C(NCC1(C(=O)O)CC1)C1CCCN(C(=O)c2ccccc2OC(F)F)C1. The van der Waals surface area contributed by atoms with E-state index < -0.39 is 29.8 Å². The van der Waals surface area contributed by atoms with Gasteiger partial charge in [-0.25, -0.2) is 0 Å². The van der Waals surface area contributed by atoms with Crippen molar-refractivity contribution in [1.82, 2.24) is 10.2 Å². The second-order valence-electron chi connectivity index (χ2n) is 7.27. The fraction of sp³-hybridized carbons (Fsp3) is 0.526. The molecule has 2 aliphatic rings. The zero-order chi connectivity index (χ0) is 20.3. The Morgan fingerprint density at radius 2 is 2.00 bits per heavy atom. The molecule has 3 rings (SSSR count). The number of carboxylic acid groups (broad SMARTS) is 1. The van der Waals surface area contributed by atoms with Gasteiger partial charge in [-0.15, -0.1) is 0 Å². The highest BCUT2D eigenvalue weighted by atomic mass is 19.3. The van der Waals surface area contributed by atoms with E-state index in [1.807, 2.05) is 0 Å². The van der Waals surface area contributed by atoms with Gasteiger partial charge in [0.2, 0.25) is 5.91 Å². The Kier molecular flexibility index (Phi) is 5.81. The minimum Gasteiger partial charge on any atom is -0.481 e. The Morgan fingerprint density at radius 1 is 1.29 bits per heavy atom. The maximum Gasteiger partial charge on any atom is 0.387 e. The summed E-state index contributed by atoms with van der Waals surface area (Å²) in [6, 6.07) is 5.76. The lowest BCUT2D eigenvalue weighted by Crippen LogP contribution is -2.46. The number of carboxylic acids is 1. The van der Waals surface area contributed by atoms with Crippen molar-refractivity contribution in [2.45, 2.75) is 32.3 Å². The average molecular weight is 396 g/mol. The highest BCUT2D eigenvalue weighted by molar-refractivity contribution is 5.97. The molecule has 9 heteroatoms. The molecule has 1 saturated heterocycles. The van der Waals surface area contributed by atoms with E-state index in [0.717, 1.165) is 0 Å². The van der Waals surface area contributed by atoms with Gasteiger partial charge >= 0.3 is 12.6 Å². The van der Waals surface area contributed by atoms with Gasteiger partial charge in [0.15, 0.2) is 0 Å². The van der Waals surface area contributed by atoms with Crippen molar-refractivity contribution in [2.24, 2.45) is 11.3 Å². The molecule has 1 unspecified atom stereocenters. The smallest absolute Gasteiger partial charge is 0.387 e. The predicted octanol–water partition coefficient (Wildman–Crippen LogP) is 2.12. The quantitative estimate of drug-likeness (QED) is 0.736. The number of aliphatic carboxylic acids is 1. The number of halogens is 2. The molecule has 0 radical (unpaired) electrons. The highest BCUT2D eigenvalue weighted by Gasteiger charge is 2.50. The highest BCUT2D eigenvalue weighted by Crippen LogP contribution is 2.45. The summed E-state index contributed by atoms with van der Waals surface area (Å²) in [6.45, 7) is -2.41. The summed E-state index contributed by atoms with van der Waals surface area (Å²) < 4.78 is 29.6. The Labute approximate surface area is 160 Å². The van der Waals surface area contributed by atoms with Crippen LogP contribution in [0.15, 0.2) is 24.3 Å². The third-order valence-electron chi connectivity index (χ3n) is 5.32. The topological polar surface area (TPSA) is 95.9 Å². The van der Waals surface area contributed by atoms with Gasteiger partial charge in [0.05, 0.1) is 16.9 Å². The average Bonchev–Trinajstić information content (AvgIpc) is 3.47. The summed E-state index contributed by atoms with van der Waals surface area (Å²) in [5, 5.41) is 11.9. The zero-order valence-electron chi connectivity index (χ0n) is 15.2. The number of carbonyl (C=O) groups excluding carboxylic acids is 2. The number of piperidine rings is 1. The zero-order valence-corrected chi connectivity index (χ0v) is 15.2. The summed E-state index contributed by atoms with van der Waals surface area (Å²) in [4.78, 5) is 37.9. The molecule has 1 aliphatic heterocycles. The van der Waals surface area contributed by atoms with Crippen molar-refractivity contribution in [1.29, 1.82) is 0 Å². The Hall–Kier alpha value is -2.71. The van der Waals surface area contributed by atoms with Crippen molar-refractivity contribution >= 4 is 17.8 Å². The van der Waals surface area contributed by atoms with Crippen molar-refractivity contribution in [3.05, 3.63) is 29.8 Å². The second-order valence-corrected chi connectivity index (χ2v) is 7.27. The van der Waals surface area contributed by atoms with E-state index in [1.165, 1.54) is 23.1 Å². The molecule has 2 N–H and O–H groups in total.